The van der Waals surface area contributed by atoms with Gasteiger partial charge in [-0.15, -0.1) is 6.58 Å². The molecule has 194 valence electrons. The number of hydrogen-bond donors (Lipinski definition) is 2. The number of hydrogen-bond acceptors (Lipinski definition) is 4. The van der Waals surface area contributed by atoms with Crippen molar-refractivity contribution in [1.29, 1.82) is 0 Å². The SMILES string of the molecule is C=CC(CNC(=O)COCc1ccccc1)C1CCN(C(=O)S)C(Cc2ccnc3ccc(C)cc23)C1. The van der Waals surface area contributed by atoms with E-state index in [1.54, 1.807) is 0 Å². The fourth-order valence-corrected chi connectivity index (χ4v) is 5.49. The zero-order chi connectivity index (χ0) is 26.2. The number of benzene rings is 2. The molecule has 1 N–H and O–H groups in total. The highest BCUT2D eigenvalue weighted by Crippen LogP contribution is 2.33. The monoisotopic (exact) mass is 517 g/mol. The largest absolute Gasteiger partial charge is 0.367 e. The van der Waals surface area contributed by atoms with E-state index in [0.29, 0.717) is 25.6 Å². The van der Waals surface area contributed by atoms with Crippen molar-refractivity contribution in [1.82, 2.24) is 15.2 Å². The number of thiol groups is 1. The number of fused-ring (bicyclic) bond motifs is 1. The third-order valence-electron chi connectivity index (χ3n) is 7.23. The molecule has 0 bridgehead atoms. The van der Waals surface area contributed by atoms with Crippen LogP contribution < -0.4 is 5.32 Å². The van der Waals surface area contributed by atoms with Crippen molar-refractivity contribution < 1.29 is 14.3 Å². The summed E-state index contributed by atoms with van der Waals surface area (Å²) in [5.74, 6) is 0.266. The van der Waals surface area contributed by atoms with E-state index in [0.717, 1.165) is 35.7 Å². The average Bonchev–Trinajstić information content (AvgIpc) is 2.90. The van der Waals surface area contributed by atoms with Gasteiger partial charge in [-0.2, -0.15) is 0 Å². The molecule has 4 rings (SSSR count). The first-order valence-electron chi connectivity index (χ1n) is 12.8. The molecule has 0 saturated carbocycles. The molecule has 0 spiro atoms. The molecule has 6 nitrogen and oxygen atoms in total. The lowest BCUT2D eigenvalue weighted by Crippen LogP contribution is -2.47. The summed E-state index contributed by atoms with van der Waals surface area (Å²) in [5.41, 5.74) is 4.35. The quantitative estimate of drug-likeness (QED) is 0.281. The van der Waals surface area contributed by atoms with Gasteiger partial charge in [-0.05, 0) is 67.3 Å². The molecule has 3 aromatic rings. The predicted octanol–water partition coefficient (Wildman–Crippen LogP) is 5.35. The summed E-state index contributed by atoms with van der Waals surface area (Å²) in [7, 11) is 0. The van der Waals surface area contributed by atoms with Crippen LogP contribution in [-0.4, -0.2) is 46.8 Å². The van der Waals surface area contributed by atoms with Crippen molar-refractivity contribution in [2.75, 3.05) is 19.7 Å². The second-order valence-corrected chi connectivity index (χ2v) is 10.2. The Bertz CT molecular complexity index is 1230. The average molecular weight is 518 g/mol. The Hall–Kier alpha value is -3.16. The van der Waals surface area contributed by atoms with Crippen LogP contribution in [-0.2, 0) is 22.6 Å². The van der Waals surface area contributed by atoms with E-state index in [4.69, 9.17) is 4.74 Å². The van der Waals surface area contributed by atoms with E-state index in [2.05, 4.69) is 48.6 Å². The molecule has 2 amide bonds. The maximum absolute atomic E-state index is 12.4. The molecule has 3 atom stereocenters. The number of pyridine rings is 1. The van der Waals surface area contributed by atoms with E-state index in [-0.39, 0.29) is 29.7 Å². The summed E-state index contributed by atoms with van der Waals surface area (Å²) < 4.78 is 5.56. The van der Waals surface area contributed by atoms with Gasteiger partial charge in [0, 0.05) is 30.7 Å². The van der Waals surface area contributed by atoms with Crippen LogP contribution in [0, 0.1) is 18.8 Å². The lowest BCUT2D eigenvalue weighted by molar-refractivity contribution is -0.126. The Labute approximate surface area is 224 Å². The number of carbonyl (C=O) groups excluding carboxylic acids is 2. The molecule has 1 aliphatic heterocycles. The van der Waals surface area contributed by atoms with Gasteiger partial charge in [-0.3, -0.25) is 14.6 Å². The van der Waals surface area contributed by atoms with Gasteiger partial charge in [0.15, 0.2) is 0 Å². The second kappa shape index (κ2) is 12.9. The number of ether oxygens (including phenoxy) is 1. The van der Waals surface area contributed by atoms with Crippen molar-refractivity contribution in [3.8, 4) is 0 Å². The maximum Gasteiger partial charge on any atom is 0.278 e. The van der Waals surface area contributed by atoms with Crippen LogP contribution in [0.4, 0.5) is 4.79 Å². The highest BCUT2D eigenvalue weighted by Gasteiger charge is 2.34. The normalized spacial score (nSPS) is 18.4. The molecule has 0 aliphatic carbocycles. The first-order chi connectivity index (χ1) is 17.9. The van der Waals surface area contributed by atoms with Gasteiger partial charge in [-0.1, -0.05) is 60.7 Å². The number of amides is 2. The molecule has 1 aromatic heterocycles. The molecule has 2 heterocycles. The van der Waals surface area contributed by atoms with Crippen molar-refractivity contribution in [3.05, 3.63) is 90.1 Å². The maximum atomic E-state index is 12.4. The Balaban J connectivity index is 1.37. The van der Waals surface area contributed by atoms with Crippen LogP contribution in [0.5, 0.6) is 0 Å². The van der Waals surface area contributed by atoms with E-state index >= 15 is 0 Å². The molecule has 1 saturated heterocycles. The van der Waals surface area contributed by atoms with E-state index in [1.165, 1.54) is 11.1 Å². The number of nitrogens with zero attached hydrogens (tertiary/aromatic N) is 2. The summed E-state index contributed by atoms with van der Waals surface area (Å²) in [5, 5.41) is 3.93. The number of aromatic nitrogens is 1. The van der Waals surface area contributed by atoms with E-state index in [9.17, 15) is 9.59 Å². The molecule has 37 heavy (non-hydrogen) atoms. The highest BCUT2D eigenvalue weighted by atomic mass is 32.1. The predicted molar refractivity (Wildman–Crippen MR) is 151 cm³/mol. The number of carbonyl (C=O) groups is 2. The standard InChI is InChI=1S/C30H35N3O3S/c1-3-23(18-32-29(34)20-36-19-22-7-5-4-6-8-22)24-12-14-33(30(35)37)26(16-24)17-25-11-13-31-28-10-9-21(2)15-27(25)28/h3-11,13,15,23-24,26H,1,12,14,16-20H2,2H3,(H,32,34)(H,35,37). The summed E-state index contributed by atoms with van der Waals surface area (Å²) in [4.78, 5) is 31.1. The van der Waals surface area contributed by atoms with Gasteiger partial charge in [0.2, 0.25) is 5.91 Å². The molecule has 2 aromatic carbocycles. The van der Waals surface area contributed by atoms with Crippen LogP contribution in [0.25, 0.3) is 10.9 Å². The van der Waals surface area contributed by atoms with Gasteiger partial charge in [0.1, 0.15) is 6.61 Å². The summed E-state index contributed by atoms with van der Waals surface area (Å²) >= 11 is 4.17. The van der Waals surface area contributed by atoms with Gasteiger partial charge in [0.05, 0.1) is 12.1 Å². The lowest BCUT2D eigenvalue weighted by Gasteiger charge is -2.41. The van der Waals surface area contributed by atoms with Crippen LogP contribution in [0.1, 0.15) is 29.5 Å². The number of rotatable bonds is 10. The van der Waals surface area contributed by atoms with Gasteiger partial charge in [-0.25, -0.2) is 0 Å². The summed E-state index contributed by atoms with van der Waals surface area (Å²) in [6, 6.07) is 18.1. The summed E-state index contributed by atoms with van der Waals surface area (Å²) in [6.45, 7) is 7.68. The van der Waals surface area contributed by atoms with Gasteiger partial charge in [0.25, 0.3) is 5.24 Å². The molecular formula is C30H35N3O3S. The minimum atomic E-state index is -0.197. The number of piperidine rings is 1. The topological polar surface area (TPSA) is 71.5 Å². The first-order valence-corrected chi connectivity index (χ1v) is 13.2. The lowest BCUT2D eigenvalue weighted by atomic mass is 9.79. The zero-order valence-corrected chi connectivity index (χ0v) is 22.2. The fourth-order valence-electron chi connectivity index (χ4n) is 5.23. The smallest absolute Gasteiger partial charge is 0.278 e. The van der Waals surface area contributed by atoms with Crippen LogP contribution in [0.3, 0.4) is 0 Å². The van der Waals surface area contributed by atoms with Crippen LogP contribution in [0.15, 0.2) is 73.4 Å². The number of likely N-dealkylation sites (tertiary alicyclic amines) is 1. The zero-order valence-electron chi connectivity index (χ0n) is 21.3. The van der Waals surface area contributed by atoms with E-state index in [1.807, 2.05) is 59.6 Å². The van der Waals surface area contributed by atoms with Crippen LogP contribution >= 0.6 is 12.6 Å². The third kappa shape index (κ3) is 7.21. The molecule has 7 heteroatoms. The second-order valence-electron chi connectivity index (χ2n) is 9.79. The molecule has 1 fully saturated rings. The van der Waals surface area contributed by atoms with Gasteiger partial charge >= 0.3 is 0 Å². The minimum Gasteiger partial charge on any atom is -0.367 e. The van der Waals surface area contributed by atoms with Crippen molar-refractivity contribution in [2.24, 2.45) is 11.8 Å². The third-order valence-corrected chi connectivity index (χ3v) is 7.49. The summed E-state index contributed by atoms with van der Waals surface area (Å²) in [6.07, 6.45) is 6.15. The minimum absolute atomic E-state index is 0.0159. The van der Waals surface area contributed by atoms with Crippen LogP contribution in [0.2, 0.25) is 0 Å². The van der Waals surface area contributed by atoms with Crippen molar-refractivity contribution >= 4 is 34.7 Å². The number of aryl methyl sites for hydroxylation is 1. The van der Waals surface area contributed by atoms with Gasteiger partial charge < -0.3 is 15.0 Å². The molecular weight excluding hydrogens is 482 g/mol. The molecule has 0 radical (unpaired) electrons. The highest BCUT2D eigenvalue weighted by molar-refractivity contribution is 7.96. The molecule has 3 unspecified atom stereocenters. The Morgan fingerprint density at radius 3 is 2.81 bits per heavy atom. The Kier molecular flexibility index (Phi) is 9.36. The number of nitrogens with one attached hydrogen (secondary N) is 1. The van der Waals surface area contributed by atoms with Crippen molar-refractivity contribution in [3.63, 3.8) is 0 Å². The fraction of sp³-hybridized carbons (Fsp3) is 0.367. The molecule has 1 aliphatic rings. The van der Waals surface area contributed by atoms with E-state index < -0.39 is 0 Å². The van der Waals surface area contributed by atoms with Crippen molar-refractivity contribution in [2.45, 2.75) is 38.8 Å². The Morgan fingerprint density at radius 2 is 2.05 bits per heavy atom. The first kappa shape index (κ1) is 26.9. The Morgan fingerprint density at radius 1 is 1.24 bits per heavy atom.